The Balaban J connectivity index is 1.83. The highest BCUT2D eigenvalue weighted by Gasteiger charge is 2.23. The van der Waals surface area contributed by atoms with Gasteiger partial charge in [-0.1, -0.05) is 6.92 Å². The van der Waals surface area contributed by atoms with Crippen LogP contribution in [0, 0.1) is 0 Å². The quantitative estimate of drug-likeness (QED) is 0.805. The van der Waals surface area contributed by atoms with Crippen LogP contribution in [0.5, 0.6) is 0 Å². The van der Waals surface area contributed by atoms with Crippen LogP contribution in [0.3, 0.4) is 0 Å². The second-order valence-electron chi connectivity index (χ2n) is 5.77. The van der Waals surface area contributed by atoms with Gasteiger partial charge in [-0.25, -0.2) is 14.5 Å². The summed E-state index contributed by atoms with van der Waals surface area (Å²) in [6.07, 6.45) is 5.91. The largest absolute Gasteiger partial charge is 0.347 e. The van der Waals surface area contributed by atoms with E-state index < -0.39 is 0 Å². The maximum absolute atomic E-state index is 12.2. The number of aryl methyl sites for hydroxylation is 2. The van der Waals surface area contributed by atoms with E-state index in [9.17, 15) is 4.79 Å². The Bertz CT molecular complexity index is 881. The van der Waals surface area contributed by atoms with Crippen LogP contribution in [0.2, 0.25) is 0 Å². The molecule has 6 nitrogen and oxygen atoms in total. The Morgan fingerprint density at radius 1 is 1.50 bits per heavy atom. The first-order valence-electron chi connectivity index (χ1n) is 7.64. The molecule has 22 heavy (non-hydrogen) atoms. The summed E-state index contributed by atoms with van der Waals surface area (Å²) in [5.74, 6) is -0.00868. The van der Waals surface area contributed by atoms with Crippen molar-refractivity contribution in [3.63, 3.8) is 0 Å². The van der Waals surface area contributed by atoms with Crippen LogP contribution < -0.4 is 5.32 Å². The van der Waals surface area contributed by atoms with Crippen molar-refractivity contribution in [1.82, 2.24) is 24.9 Å². The molecule has 1 aliphatic rings. The second kappa shape index (κ2) is 5.01. The number of thiophene rings is 1. The van der Waals surface area contributed by atoms with E-state index in [1.54, 1.807) is 22.2 Å². The van der Waals surface area contributed by atoms with Gasteiger partial charge in [-0.15, -0.1) is 16.4 Å². The molecule has 3 aromatic rings. The molecule has 114 valence electrons. The number of aromatic nitrogens is 4. The summed E-state index contributed by atoms with van der Waals surface area (Å²) in [6, 6.07) is 0.114. The zero-order chi connectivity index (χ0) is 15.3. The molecule has 1 unspecified atom stereocenters. The number of hydrogen-bond donors (Lipinski definition) is 1. The molecule has 0 spiro atoms. The van der Waals surface area contributed by atoms with Gasteiger partial charge in [0.15, 0.2) is 5.65 Å². The second-order valence-corrected chi connectivity index (χ2v) is 6.85. The number of nitrogens with one attached hydrogen (secondary N) is 1. The van der Waals surface area contributed by atoms with Crippen LogP contribution in [0.15, 0.2) is 6.33 Å². The number of hydrogen-bond acceptors (Lipinski definition) is 5. The average molecular weight is 315 g/mol. The third-order valence-electron chi connectivity index (χ3n) is 4.23. The molecule has 7 heteroatoms. The lowest BCUT2D eigenvalue weighted by Crippen LogP contribution is -2.32. The highest BCUT2D eigenvalue weighted by molar-refractivity contribution is 7.19. The van der Waals surface area contributed by atoms with Gasteiger partial charge in [0, 0.05) is 10.9 Å². The first-order valence-corrected chi connectivity index (χ1v) is 8.45. The number of rotatable bonds is 3. The molecule has 0 saturated heterocycles. The molecule has 0 aromatic carbocycles. The summed E-state index contributed by atoms with van der Waals surface area (Å²) >= 11 is 1.74. The zero-order valence-corrected chi connectivity index (χ0v) is 13.4. The van der Waals surface area contributed by atoms with Gasteiger partial charge >= 0.3 is 0 Å². The molecular formula is C15H17N5OS. The fourth-order valence-corrected chi connectivity index (χ4v) is 4.10. The van der Waals surface area contributed by atoms with Crippen LogP contribution in [-0.2, 0) is 12.8 Å². The van der Waals surface area contributed by atoms with Crippen LogP contribution in [-0.4, -0.2) is 31.5 Å². The minimum absolute atomic E-state index is 0.114. The number of carbonyl (C=O) groups is 1. The molecule has 3 heterocycles. The lowest BCUT2D eigenvalue weighted by Gasteiger charge is -2.08. The third-order valence-corrected chi connectivity index (χ3v) is 5.43. The smallest absolute Gasteiger partial charge is 0.291 e. The molecule has 0 bridgehead atoms. The molecule has 1 N–H and O–H groups in total. The Kier molecular flexibility index (Phi) is 3.11. The first kappa shape index (κ1) is 13.6. The number of carbonyl (C=O) groups excluding carboxylic acids is 1. The van der Waals surface area contributed by atoms with E-state index in [4.69, 9.17) is 0 Å². The lowest BCUT2D eigenvalue weighted by molar-refractivity contribution is 0.0929. The first-order chi connectivity index (χ1) is 10.7. The normalized spacial score (nSPS) is 15.4. The summed E-state index contributed by atoms with van der Waals surface area (Å²) < 4.78 is 1.62. The highest BCUT2D eigenvalue weighted by atomic mass is 32.1. The minimum atomic E-state index is -0.224. The van der Waals surface area contributed by atoms with Gasteiger partial charge in [-0.3, -0.25) is 4.79 Å². The van der Waals surface area contributed by atoms with E-state index in [1.807, 2.05) is 13.8 Å². The van der Waals surface area contributed by atoms with E-state index >= 15 is 0 Å². The van der Waals surface area contributed by atoms with Gasteiger partial charge in [0.05, 0.1) is 5.39 Å². The summed E-state index contributed by atoms with van der Waals surface area (Å²) in [7, 11) is 0. The monoisotopic (exact) mass is 315 g/mol. The van der Waals surface area contributed by atoms with Gasteiger partial charge in [0.1, 0.15) is 11.2 Å². The van der Waals surface area contributed by atoms with E-state index in [-0.39, 0.29) is 17.8 Å². The van der Waals surface area contributed by atoms with Gasteiger partial charge < -0.3 is 5.32 Å². The molecule has 3 aromatic heterocycles. The van der Waals surface area contributed by atoms with Crippen molar-refractivity contribution in [2.45, 2.75) is 45.6 Å². The van der Waals surface area contributed by atoms with Crippen molar-refractivity contribution < 1.29 is 4.79 Å². The molecule has 1 atom stereocenters. The Morgan fingerprint density at radius 2 is 2.36 bits per heavy atom. The minimum Gasteiger partial charge on any atom is -0.347 e. The summed E-state index contributed by atoms with van der Waals surface area (Å²) in [6.45, 7) is 4.00. The van der Waals surface area contributed by atoms with Gasteiger partial charge in [0.2, 0.25) is 5.82 Å². The van der Waals surface area contributed by atoms with Gasteiger partial charge in [-0.05, 0) is 38.2 Å². The summed E-state index contributed by atoms with van der Waals surface area (Å²) in [5, 5.41) is 8.28. The molecule has 1 aliphatic carbocycles. The predicted octanol–water partition coefficient (Wildman–Crippen LogP) is 2.36. The molecule has 0 radical (unpaired) electrons. The standard InChI is InChI=1S/C15H17N5OS/c1-3-8(2)17-14(21)12-18-13-11-9-5-4-6-10(9)22-15(11)16-7-20(13)19-12/h7-8H,3-6H2,1-2H3,(H,17,21). The number of amides is 1. The van der Waals surface area contributed by atoms with Crippen molar-refractivity contribution in [1.29, 1.82) is 0 Å². The third kappa shape index (κ3) is 1.99. The fraction of sp³-hybridized carbons (Fsp3) is 0.467. The molecule has 1 amide bonds. The summed E-state index contributed by atoms with van der Waals surface area (Å²) in [4.78, 5) is 23.6. The van der Waals surface area contributed by atoms with Crippen molar-refractivity contribution in [2.24, 2.45) is 0 Å². The van der Waals surface area contributed by atoms with Crippen LogP contribution >= 0.6 is 11.3 Å². The van der Waals surface area contributed by atoms with Crippen LogP contribution in [0.1, 0.15) is 47.7 Å². The van der Waals surface area contributed by atoms with E-state index in [2.05, 4.69) is 20.4 Å². The average Bonchev–Trinajstić information content (AvgIpc) is 3.18. The highest BCUT2D eigenvalue weighted by Crippen LogP contribution is 2.37. The SMILES string of the molecule is CCC(C)NC(=O)c1nc2c3c4c(sc3ncn2n1)CCC4. The van der Waals surface area contributed by atoms with Crippen molar-refractivity contribution in [2.75, 3.05) is 0 Å². The van der Waals surface area contributed by atoms with Crippen molar-refractivity contribution >= 4 is 33.1 Å². The summed E-state index contributed by atoms with van der Waals surface area (Å²) in [5.41, 5.74) is 2.10. The maximum Gasteiger partial charge on any atom is 0.291 e. The van der Waals surface area contributed by atoms with Crippen molar-refractivity contribution in [3.8, 4) is 0 Å². The number of fused-ring (bicyclic) bond motifs is 5. The number of nitrogens with zero attached hydrogens (tertiary/aromatic N) is 4. The fourth-order valence-electron chi connectivity index (χ4n) is 2.88. The predicted molar refractivity (Wildman–Crippen MR) is 85.4 cm³/mol. The van der Waals surface area contributed by atoms with Gasteiger partial charge in [-0.2, -0.15) is 0 Å². The Labute approximate surface area is 131 Å². The topological polar surface area (TPSA) is 72.2 Å². The van der Waals surface area contributed by atoms with E-state index in [0.29, 0.717) is 0 Å². The van der Waals surface area contributed by atoms with Crippen LogP contribution in [0.4, 0.5) is 0 Å². The molecule has 4 rings (SSSR count). The molecule has 0 aliphatic heterocycles. The van der Waals surface area contributed by atoms with E-state index in [1.165, 1.54) is 16.9 Å². The zero-order valence-electron chi connectivity index (χ0n) is 12.6. The lowest BCUT2D eigenvalue weighted by atomic mass is 10.2. The maximum atomic E-state index is 12.2. The van der Waals surface area contributed by atoms with E-state index in [0.717, 1.165) is 35.1 Å². The molecule has 0 fully saturated rings. The Hall–Kier alpha value is -2.02. The van der Waals surface area contributed by atoms with Crippen LogP contribution in [0.25, 0.3) is 15.9 Å². The Morgan fingerprint density at radius 3 is 3.18 bits per heavy atom. The molecule has 0 saturated carbocycles. The molecular weight excluding hydrogens is 298 g/mol. The van der Waals surface area contributed by atoms with Crippen molar-refractivity contribution in [3.05, 3.63) is 22.6 Å². The van der Waals surface area contributed by atoms with Gasteiger partial charge in [0.25, 0.3) is 5.91 Å².